The van der Waals surface area contributed by atoms with E-state index in [1.54, 1.807) is 18.7 Å². The van der Waals surface area contributed by atoms with Crippen LogP contribution in [0.2, 0.25) is 0 Å². The Morgan fingerprint density at radius 1 is 1.00 bits per heavy atom. The maximum absolute atomic E-state index is 13.2. The zero-order chi connectivity index (χ0) is 23.3. The summed E-state index contributed by atoms with van der Waals surface area (Å²) >= 11 is 1.73. The molecule has 0 bridgehead atoms. The van der Waals surface area contributed by atoms with Crippen molar-refractivity contribution in [3.8, 4) is 0 Å². The average molecular weight is 451 g/mol. The fourth-order valence-corrected chi connectivity index (χ4v) is 5.53. The molecule has 0 aliphatic heterocycles. The van der Waals surface area contributed by atoms with Crippen LogP contribution in [-0.4, -0.2) is 22.4 Å². The summed E-state index contributed by atoms with van der Waals surface area (Å²) in [5, 5.41) is 10.9. The molecule has 0 heterocycles. The maximum atomic E-state index is 13.2. The van der Waals surface area contributed by atoms with E-state index in [0.29, 0.717) is 18.4 Å². The van der Waals surface area contributed by atoms with Crippen LogP contribution in [0.3, 0.4) is 0 Å². The van der Waals surface area contributed by atoms with Gasteiger partial charge >= 0.3 is 0 Å². The highest BCUT2D eigenvalue weighted by atomic mass is 32.2. The number of hydrogen-bond acceptors (Lipinski definition) is 4. The Kier molecular flexibility index (Phi) is 8.36. The topological polar surface area (TPSA) is 54.4 Å². The van der Waals surface area contributed by atoms with Crippen LogP contribution in [0.25, 0.3) is 5.57 Å². The second kappa shape index (κ2) is 11.0. The highest BCUT2D eigenvalue weighted by Gasteiger charge is 2.30. The predicted octanol–water partition coefficient (Wildman–Crippen LogP) is 7.01. The summed E-state index contributed by atoms with van der Waals surface area (Å²) in [4.78, 5) is 25.7. The highest BCUT2D eigenvalue weighted by Crippen LogP contribution is 2.38. The van der Waals surface area contributed by atoms with Crippen molar-refractivity contribution in [1.82, 2.24) is 0 Å². The molecule has 32 heavy (non-hydrogen) atoms. The quantitative estimate of drug-likeness (QED) is 0.330. The maximum Gasteiger partial charge on any atom is 0.167 e. The van der Waals surface area contributed by atoms with Gasteiger partial charge in [-0.05, 0) is 78.7 Å². The van der Waals surface area contributed by atoms with Crippen LogP contribution in [0.15, 0.2) is 47.1 Å². The Morgan fingerprint density at radius 2 is 1.62 bits per heavy atom. The lowest BCUT2D eigenvalue weighted by atomic mass is 9.79. The van der Waals surface area contributed by atoms with Crippen LogP contribution >= 0.6 is 11.8 Å². The molecule has 1 aliphatic rings. The average Bonchev–Trinajstić information content (AvgIpc) is 2.78. The third-order valence-electron chi connectivity index (χ3n) is 6.36. The molecule has 170 valence electrons. The Morgan fingerprint density at radius 3 is 2.12 bits per heavy atom. The van der Waals surface area contributed by atoms with E-state index in [4.69, 9.17) is 0 Å². The van der Waals surface area contributed by atoms with Crippen molar-refractivity contribution in [3.05, 3.63) is 70.0 Å². The summed E-state index contributed by atoms with van der Waals surface area (Å²) < 4.78 is 0. The summed E-state index contributed by atoms with van der Waals surface area (Å²) in [5.74, 6) is 1.45. The van der Waals surface area contributed by atoms with E-state index in [1.165, 1.54) is 16.7 Å². The van der Waals surface area contributed by atoms with Gasteiger partial charge in [0.2, 0.25) is 0 Å². The van der Waals surface area contributed by atoms with Gasteiger partial charge in [-0.25, -0.2) is 0 Å². The molecule has 0 amide bonds. The Hall–Kier alpha value is -2.33. The lowest BCUT2D eigenvalue weighted by Crippen LogP contribution is -2.21. The molecule has 0 saturated heterocycles. The van der Waals surface area contributed by atoms with Crippen LogP contribution in [0, 0.1) is 5.92 Å². The molecular weight excluding hydrogens is 416 g/mol. The largest absolute Gasteiger partial charge is 0.512 e. The third-order valence-corrected chi connectivity index (χ3v) is 7.41. The van der Waals surface area contributed by atoms with Gasteiger partial charge in [0, 0.05) is 23.3 Å². The van der Waals surface area contributed by atoms with E-state index in [2.05, 4.69) is 32.9 Å². The summed E-state index contributed by atoms with van der Waals surface area (Å²) in [6, 6.07) is 12.1. The van der Waals surface area contributed by atoms with Gasteiger partial charge < -0.3 is 5.11 Å². The summed E-state index contributed by atoms with van der Waals surface area (Å²) in [7, 11) is 0. The van der Waals surface area contributed by atoms with E-state index in [0.717, 1.165) is 47.5 Å². The molecular formula is C28H34O3S. The van der Waals surface area contributed by atoms with Gasteiger partial charge in [0.05, 0.1) is 5.57 Å². The molecule has 1 atom stereocenters. The molecule has 4 heteroatoms. The lowest BCUT2D eigenvalue weighted by molar-refractivity contribution is -0.115. The van der Waals surface area contributed by atoms with Crippen LogP contribution in [0.1, 0.15) is 79.6 Å². The Labute approximate surface area is 196 Å². The van der Waals surface area contributed by atoms with Crippen LogP contribution in [0.4, 0.5) is 0 Å². The third kappa shape index (κ3) is 5.53. The van der Waals surface area contributed by atoms with E-state index in [-0.39, 0.29) is 23.2 Å². The standard InChI is InChI=1S/C28H34O3S/c1-5-19-14-21(6-2)27(22(7-3)15-19)28-25(30)16-20(17-26(28)31)12-13-32-24-10-8-23(9-11-24)18(4)29/h8-11,14-15,20,30H,5-7,12-13,16-17H2,1-4H3. The molecule has 0 aromatic heterocycles. The first kappa shape index (κ1) is 24.3. The van der Waals surface area contributed by atoms with Crippen molar-refractivity contribution in [2.45, 2.75) is 71.1 Å². The van der Waals surface area contributed by atoms with E-state index in [9.17, 15) is 14.7 Å². The first-order valence-electron chi connectivity index (χ1n) is 11.7. The molecule has 1 aliphatic carbocycles. The number of carbonyl (C=O) groups is 2. The van der Waals surface area contributed by atoms with Crippen molar-refractivity contribution in [1.29, 1.82) is 0 Å². The zero-order valence-corrected chi connectivity index (χ0v) is 20.5. The summed E-state index contributed by atoms with van der Waals surface area (Å²) in [6.45, 7) is 7.95. The number of Topliss-reactive ketones (excluding diaryl/α,β-unsaturated/α-hetero) is 2. The minimum Gasteiger partial charge on any atom is -0.512 e. The number of allylic oxidation sites excluding steroid dienone is 2. The van der Waals surface area contributed by atoms with Crippen molar-refractivity contribution < 1.29 is 14.7 Å². The SMILES string of the molecule is CCc1cc(CC)c(C2=C(O)CC(CCSc3ccc(C(C)=O)cc3)CC2=O)c(CC)c1. The molecule has 0 saturated carbocycles. The molecule has 3 rings (SSSR count). The Bertz CT molecular complexity index is 992. The second-order valence-electron chi connectivity index (χ2n) is 8.59. The number of aryl methyl sites for hydroxylation is 3. The fraction of sp³-hybridized carbons (Fsp3) is 0.429. The minimum absolute atomic E-state index is 0.0714. The molecule has 0 radical (unpaired) electrons. The number of aliphatic hydroxyl groups is 1. The van der Waals surface area contributed by atoms with Crippen LogP contribution in [0.5, 0.6) is 0 Å². The van der Waals surface area contributed by atoms with Gasteiger partial charge in [-0.15, -0.1) is 11.8 Å². The number of carbonyl (C=O) groups excluding carboxylic acids is 2. The Balaban J connectivity index is 1.72. The summed E-state index contributed by atoms with van der Waals surface area (Å²) in [5.41, 5.74) is 5.88. The van der Waals surface area contributed by atoms with Crippen molar-refractivity contribution in [3.63, 3.8) is 0 Å². The van der Waals surface area contributed by atoms with Gasteiger partial charge in [-0.3, -0.25) is 9.59 Å². The second-order valence-corrected chi connectivity index (χ2v) is 9.75. The molecule has 0 fully saturated rings. The van der Waals surface area contributed by atoms with Gasteiger partial charge in [-0.1, -0.05) is 45.0 Å². The van der Waals surface area contributed by atoms with E-state index < -0.39 is 0 Å². The van der Waals surface area contributed by atoms with Crippen molar-refractivity contribution in [2.75, 3.05) is 5.75 Å². The number of ketones is 2. The van der Waals surface area contributed by atoms with E-state index >= 15 is 0 Å². The normalized spacial score (nSPS) is 16.5. The highest BCUT2D eigenvalue weighted by molar-refractivity contribution is 7.99. The lowest BCUT2D eigenvalue weighted by Gasteiger charge is -2.26. The molecule has 3 nitrogen and oxygen atoms in total. The smallest absolute Gasteiger partial charge is 0.167 e. The first-order valence-corrected chi connectivity index (χ1v) is 12.7. The minimum atomic E-state index is 0.0714. The van der Waals surface area contributed by atoms with Crippen molar-refractivity contribution >= 4 is 28.9 Å². The number of hydrogen-bond donors (Lipinski definition) is 1. The predicted molar refractivity (Wildman–Crippen MR) is 134 cm³/mol. The number of thioether (sulfide) groups is 1. The molecule has 2 aromatic carbocycles. The van der Waals surface area contributed by atoms with E-state index in [1.807, 2.05) is 24.3 Å². The first-order chi connectivity index (χ1) is 15.4. The molecule has 1 unspecified atom stereocenters. The van der Waals surface area contributed by atoms with Gasteiger partial charge in [-0.2, -0.15) is 0 Å². The number of benzene rings is 2. The molecule has 1 N–H and O–H groups in total. The van der Waals surface area contributed by atoms with Gasteiger partial charge in [0.25, 0.3) is 0 Å². The monoisotopic (exact) mass is 450 g/mol. The van der Waals surface area contributed by atoms with Crippen molar-refractivity contribution in [2.24, 2.45) is 5.92 Å². The number of rotatable bonds is 9. The molecule has 0 spiro atoms. The van der Waals surface area contributed by atoms with Crippen LogP contribution < -0.4 is 0 Å². The van der Waals surface area contributed by atoms with Gasteiger partial charge in [0.15, 0.2) is 11.6 Å². The molecule has 2 aromatic rings. The number of aliphatic hydroxyl groups excluding tert-OH is 1. The van der Waals surface area contributed by atoms with Crippen LogP contribution in [-0.2, 0) is 24.1 Å². The fourth-order valence-electron chi connectivity index (χ4n) is 4.51. The van der Waals surface area contributed by atoms with Gasteiger partial charge in [0.1, 0.15) is 5.76 Å². The summed E-state index contributed by atoms with van der Waals surface area (Å²) in [6.07, 6.45) is 4.60. The zero-order valence-electron chi connectivity index (χ0n) is 19.7.